The zero-order valence-electron chi connectivity index (χ0n) is 12.7. The van der Waals surface area contributed by atoms with Crippen LogP contribution in [0.2, 0.25) is 0 Å². The highest BCUT2D eigenvalue weighted by atomic mass is 16.4. The molecule has 21 heavy (non-hydrogen) atoms. The number of unbranched alkanes of at least 4 members (excludes halogenated alkanes) is 1. The van der Waals surface area contributed by atoms with Gasteiger partial charge in [0.2, 0.25) is 5.91 Å². The normalized spacial score (nSPS) is 12.1. The van der Waals surface area contributed by atoms with Crippen molar-refractivity contribution in [1.82, 2.24) is 4.90 Å². The van der Waals surface area contributed by atoms with Crippen molar-refractivity contribution in [3.63, 3.8) is 0 Å². The van der Waals surface area contributed by atoms with Crippen LogP contribution >= 0.6 is 0 Å². The van der Waals surface area contributed by atoms with E-state index in [-0.39, 0.29) is 18.4 Å². The Kier molecular flexibility index (Phi) is 7.46. The largest absolute Gasteiger partial charge is 0.481 e. The third kappa shape index (κ3) is 6.40. The predicted molar refractivity (Wildman–Crippen MR) is 83.3 cm³/mol. The van der Waals surface area contributed by atoms with Gasteiger partial charge in [0.15, 0.2) is 0 Å². The maximum absolute atomic E-state index is 12.3. The average Bonchev–Trinajstić information content (AvgIpc) is 2.47. The summed E-state index contributed by atoms with van der Waals surface area (Å²) in [6.07, 6.45) is 2.01. The molecule has 2 N–H and O–H groups in total. The quantitative estimate of drug-likeness (QED) is 0.734. The van der Waals surface area contributed by atoms with Gasteiger partial charge in [-0.1, -0.05) is 31.5 Å². The van der Waals surface area contributed by atoms with Gasteiger partial charge in [-0.3, -0.25) is 14.5 Å². The molecule has 0 saturated heterocycles. The molecule has 0 bridgehead atoms. The SMILES string of the molecule is CCCCN(CCC(=O)O)C(C)C(=O)Nc1ccccc1. The Morgan fingerprint density at radius 1 is 1.24 bits per heavy atom. The summed E-state index contributed by atoms with van der Waals surface area (Å²) < 4.78 is 0. The van der Waals surface area contributed by atoms with E-state index in [0.717, 1.165) is 25.1 Å². The number of carboxylic acid groups (broad SMARTS) is 1. The van der Waals surface area contributed by atoms with Gasteiger partial charge < -0.3 is 10.4 Å². The van der Waals surface area contributed by atoms with Crippen molar-refractivity contribution in [2.45, 2.75) is 39.2 Å². The first-order chi connectivity index (χ1) is 10.0. The number of amides is 1. The van der Waals surface area contributed by atoms with Gasteiger partial charge >= 0.3 is 5.97 Å². The molecule has 5 nitrogen and oxygen atoms in total. The molecule has 1 rings (SSSR count). The Labute approximate surface area is 126 Å². The minimum Gasteiger partial charge on any atom is -0.481 e. The summed E-state index contributed by atoms with van der Waals surface area (Å²) in [5, 5.41) is 11.7. The van der Waals surface area contributed by atoms with E-state index >= 15 is 0 Å². The van der Waals surface area contributed by atoms with E-state index in [1.165, 1.54) is 0 Å². The van der Waals surface area contributed by atoms with Gasteiger partial charge in [-0.15, -0.1) is 0 Å². The predicted octanol–water partition coefficient (Wildman–Crippen LogP) is 2.59. The Hall–Kier alpha value is -1.88. The molecule has 1 atom stereocenters. The van der Waals surface area contributed by atoms with Crippen LogP contribution < -0.4 is 5.32 Å². The molecule has 0 spiro atoms. The van der Waals surface area contributed by atoms with Crippen LogP contribution in [0.5, 0.6) is 0 Å². The minimum absolute atomic E-state index is 0.0483. The number of hydrogen-bond acceptors (Lipinski definition) is 3. The minimum atomic E-state index is -0.841. The second-order valence-electron chi connectivity index (χ2n) is 5.06. The Morgan fingerprint density at radius 2 is 1.90 bits per heavy atom. The molecule has 0 aliphatic carbocycles. The lowest BCUT2D eigenvalue weighted by molar-refractivity contribution is -0.138. The number of benzene rings is 1. The van der Waals surface area contributed by atoms with E-state index in [1.54, 1.807) is 0 Å². The summed E-state index contributed by atoms with van der Waals surface area (Å²) in [4.78, 5) is 24.9. The van der Waals surface area contributed by atoms with Crippen LogP contribution in [0.15, 0.2) is 30.3 Å². The van der Waals surface area contributed by atoms with Gasteiger partial charge in [0.25, 0.3) is 0 Å². The molecular formula is C16H24N2O3. The molecule has 0 radical (unpaired) electrons. The van der Waals surface area contributed by atoms with Crippen molar-refractivity contribution in [2.75, 3.05) is 18.4 Å². The Bertz CT molecular complexity index is 448. The first kappa shape index (κ1) is 17.2. The van der Waals surface area contributed by atoms with Crippen LogP contribution in [-0.4, -0.2) is 41.0 Å². The molecule has 1 aromatic carbocycles. The fourth-order valence-corrected chi connectivity index (χ4v) is 2.03. The molecule has 0 aliphatic heterocycles. The van der Waals surface area contributed by atoms with Gasteiger partial charge in [-0.2, -0.15) is 0 Å². The van der Waals surface area contributed by atoms with Gasteiger partial charge in [0, 0.05) is 12.2 Å². The number of hydrogen-bond donors (Lipinski definition) is 2. The molecule has 5 heteroatoms. The Balaban J connectivity index is 2.62. The topological polar surface area (TPSA) is 69.6 Å². The maximum atomic E-state index is 12.3. The first-order valence-electron chi connectivity index (χ1n) is 7.36. The van der Waals surface area contributed by atoms with Crippen molar-refractivity contribution in [3.05, 3.63) is 30.3 Å². The van der Waals surface area contributed by atoms with Crippen molar-refractivity contribution >= 4 is 17.6 Å². The molecule has 0 aromatic heterocycles. The molecule has 116 valence electrons. The number of nitrogens with one attached hydrogen (secondary N) is 1. The molecule has 0 saturated carbocycles. The average molecular weight is 292 g/mol. The number of anilines is 1. The fourth-order valence-electron chi connectivity index (χ4n) is 2.03. The lowest BCUT2D eigenvalue weighted by Crippen LogP contribution is -2.43. The third-order valence-corrected chi connectivity index (χ3v) is 3.38. The maximum Gasteiger partial charge on any atom is 0.304 e. The molecule has 0 fully saturated rings. The van der Waals surface area contributed by atoms with E-state index in [4.69, 9.17) is 5.11 Å². The van der Waals surface area contributed by atoms with Crippen LogP contribution in [-0.2, 0) is 9.59 Å². The zero-order valence-corrected chi connectivity index (χ0v) is 12.7. The van der Waals surface area contributed by atoms with E-state index in [2.05, 4.69) is 12.2 Å². The van der Waals surface area contributed by atoms with E-state index < -0.39 is 5.97 Å². The summed E-state index contributed by atoms with van der Waals surface area (Å²) in [6, 6.07) is 8.92. The van der Waals surface area contributed by atoms with Gasteiger partial charge in [0.1, 0.15) is 0 Å². The summed E-state index contributed by atoms with van der Waals surface area (Å²) in [5.74, 6) is -0.949. The van der Waals surface area contributed by atoms with E-state index in [9.17, 15) is 9.59 Å². The smallest absolute Gasteiger partial charge is 0.304 e. The second kappa shape index (κ2) is 9.13. The lowest BCUT2D eigenvalue weighted by atomic mass is 10.2. The standard InChI is InChI=1S/C16H24N2O3/c1-3-4-11-18(12-10-15(19)20)13(2)16(21)17-14-8-6-5-7-9-14/h5-9,13H,3-4,10-12H2,1-2H3,(H,17,21)(H,19,20). The van der Waals surface area contributed by atoms with Crippen LogP contribution in [0.25, 0.3) is 0 Å². The number of carbonyl (C=O) groups excluding carboxylic acids is 1. The molecule has 1 unspecified atom stereocenters. The highest BCUT2D eigenvalue weighted by molar-refractivity contribution is 5.94. The van der Waals surface area contributed by atoms with E-state index in [1.807, 2.05) is 42.2 Å². The molecule has 0 heterocycles. The van der Waals surface area contributed by atoms with Gasteiger partial charge in [0.05, 0.1) is 12.5 Å². The second-order valence-corrected chi connectivity index (χ2v) is 5.06. The molecular weight excluding hydrogens is 268 g/mol. The van der Waals surface area contributed by atoms with Crippen LogP contribution in [0, 0.1) is 0 Å². The number of rotatable bonds is 9. The number of para-hydroxylation sites is 1. The van der Waals surface area contributed by atoms with Crippen molar-refractivity contribution < 1.29 is 14.7 Å². The summed E-state index contributed by atoms with van der Waals surface area (Å²) in [5.41, 5.74) is 0.753. The number of aliphatic carboxylic acids is 1. The number of carboxylic acids is 1. The molecule has 1 amide bonds. The van der Waals surface area contributed by atoms with Crippen molar-refractivity contribution in [3.8, 4) is 0 Å². The Morgan fingerprint density at radius 3 is 2.48 bits per heavy atom. The summed E-state index contributed by atoms with van der Waals surface area (Å²) in [6.45, 7) is 5.01. The van der Waals surface area contributed by atoms with Crippen molar-refractivity contribution in [1.29, 1.82) is 0 Å². The van der Waals surface area contributed by atoms with E-state index in [0.29, 0.717) is 6.54 Å². The highest BCUT2D eigenvalue weighted by Gasteiger charge is 2.21. The number of carbonyl (C=O) groups is 2. The van der Waals surface area contributed by atoms with Gasteiger partial charge in [-0.25, -0.2) is 0 Å². The van der Waals surface area contributed by atoms with Crippen molar-refractivity contribution in [2.24, 2.45) is 0 Å². The van der Waals surface area contributed by atoms with Gasteiger partial charge in [-0.05, 0) is 32.0 Å². The highest BCUT2D eigenvalue weighted by Crippen LogP contribution is 2.09. The first-order valence-corrected chi connectivity index (χ1v) is 7.36. The number of nitrogens with zero attached hydrogens (tertiary/aromatic N) is 1. The third-order valence-electron chi connectivity index (χ3n) is 3.38. The molecule has 0 aliphatic rings. The summed E-state index contributed by atoms with van der Waals surface area (Å²) >= 11 is 0. The van der Waals surface area contributed by atoms with Crippen LogP contribution in [0.3, 0.4) is 0 Å². The molecule has 1 aromatic rings. The summed E-state index contributed by atoms with van der Waals surface area (Å²) in [7, 11) is 0. The monoisotopic (exact) mass is 292 g/mol. The lowest BCUT2D eigenvalue weighted by Gasteiger charge is -2.27. The zero-order chi connectivity index (χ0) is 15.7. The van der Waals surface area contributed by atoms with Crippen LogP contribution in [0.1, 0.15) is 33.1 Å². The van der Waals surface area contributed by atoms with Crippen LogP contribution in [0.4, 0.5) is 5.69 Å². The fraction of sp³-hybridized carbons (Fsp3) is 0.500.